The minimum atomic E-state index is -0.142. The summed E-state index contributed by atoms with van der Waals surface area (Å²) in [6.45, 7) is 4.69. The molecule has 1 N–H and O–H groups in total. The highest BCUT2D eigenvalue weighted by molar-refractivity contribution is 5.95. The second-order valence-corrected chi connectivity index (χ2v) is 5.49. The third kappa shape index (κ3) is 4.13. The van der Waals surface area contributed by atoms with Gasteiger partial charge < -0.3 is 19.7 Å². The summed E-state index contributed by atoms with van der Waals surface area (Å²) in [5.74, 6) is 1.06. The van der Waals surface area contributed by atoms with Crippen LogP contribution in [-0.2, 0) is 0 Å². The van der Waals surface area contributed by atoms with Crippen LogP contribution >= 0.6 is 0 Å². The highest BCUT2D eigenvalue weighted by atomic mass is 16.5. The molecule has 1 amide bonds. The fourth-order valence-corrected chi connectivity index (χ4v) is 1.50. The van der Waals surface area contributed by atoms with E-state index < -0.39 is 0 Å². The van der Waals surface area contributed by atoms with Gasteiger partial charge in [-0.2, -0.15) is 0 Å². The van der Waals surface area contributed by atoms with Gasteiger partial charge in [0.1, 0.15) is 11.5 Å². The van der Waals surface area contributed by atoms with E-state index in [1.807, 2.05) is 14.1 Å². The lowest BCUT2D eigenvalue weighted by Crippen LogP contribution is -2.48. The molecule has 0 saturated heterocycles. The van der Waals surface area contributed by atoms with Gasteiger partial charge in [-0.25, -0.2) is 0 Å². The number of hydrogen-bond acceptors (Lipinski definition) is 4. The first-order chi connectivity index (χ1) is 9.30. The van der Waals surface area contributed by atoms with Gasteiger partial charge in [-0.05, 0) is 40.1 Å². The monoisotopic (exact) mass is 280 g/mol. The van der Waals surface area contributed by atoms with Crippen LogP contribution in [0.3, 0.4) is 0 Å². The van der Waals surface area contributed by atoms with Crippen molar-refractivity contribution >= 4 is 5.91 Å². The standard InChI is InChI=1S/C15H24N2O3/c1-15(2,17(3)4)10-16-14(18)11-7-12(19-5)9-13(8-11)20-6/h7-9H,10H2,1-6H3,(H,16,18). The van der Waals surface area contributed by atoms with Gasteiger partial charge in [-0.1, -0.05) is 0 Å². The van der Waals surface area contributed by atoms with Crippen LogP contribution in [0.4, 0.5) is 0 Å². The fourth-order valence-electron chi connectivity index (χ4n) is 1.50. The highest BCUT2D eigenvalue weighted by Gasteiger charge is 2.21. The van der Waals surface area contributed by atoms with Crippen molar-refractivity contribution in [3.8, 4) is 11.5 Å². The Kier molecular flexibility index (Phi) is 5.39. The molecule has 0 aliphatic heterocycles. The van der Waals surface area contributed by atoms with Crippen LogP contribution in [0.2, 0.25) is 0 Å². The van der Waals surface area contributed by atoms with E-state index in [-0.39, 0.29) is 11.4 Å². The summed E-state index contributed by atoms with van der Waals surface area (Å²) in [6, 6.07) is 5.13. The topological polar surface area (TPSA) is 50.8 Å². The molecule has 0 aromatic heterocycles. The van der Waals surface area contributed by atoms with Gasteiger partial charge in [0, 0.05) is 23.7 Å². The normalized spacial score (nSPS) is 11.3. The maximum atomic E-state index is 12.2. The van der Waals surface area contributed by atoms with Crippen molar-refractivity contribution in [1.82, 2.24) is 10.2 Å². The number of ether oxygens (including phenoxy) is 2. The van der Waals surface area contributed by atoms with Crippen LogP contribution in [0.5, 0.6) is 11.5 Å². The molecule has 1 aromatic carbocycles. The van der Waals surface area contributed by atoms with Gasteiger partial charge in [0.05, 0.1) is 14.2 Å². The molecule has 5 nitrogen and oxygen atoms in total. The van der Waals surface area contributed by atoms with Crippen molar-refractivity contribution < 1.29 is 14.3 Å². The molecule has 1 aromatic rings. The zero-order valence-corrected chi connectivity index (χ0v) is 13.1. The molecule has 0 spiro atoms. The van der Waals surface area contributed by atoms with Crippen LogP contribution in [-0.4, -0.2) is 51.2 Å². The maximum Gasteiger partial charge on any atom is 0.251 e. The summed E-state index contributed by atoms with van der Waals surface area (Å²) in [5, 5.41) is 2.93. The van der Waals surface area contributed by atoms with E-state index in [1.54, 1.807) is 32.4 Å². The molecule has 1 rings (SSSR count). The van der Waals surface area contributed by atoms with E-state index in [9.17, 15) is 4.79 Å². The Hall–Kier alpha value is -1.75. The molecular formula is C15H24N2O3. The summed E-state index contributed by atoms with van der Waals surface area (Å²) in [4.78, 5) is 14.3. The molecule has 0 fully saturated rings. The van der Waals surface area contributed by atoms with Gasteiger partial charge in [-0.15, -0.1) is 0 Å². The molecule has 112 valence electrons. The zero-order chi connectivity index (χ0) is 15.3. The molecule has 0 heterocycles. The zero-order valence-electron chi connectivity index (χ0n) is 13.1. The van der Waals surface area contributed by atoms with Crippen molar-refractivity contribution in [3.63, 3.8) is 0 Å². The number of carbonyl (C=O) groups excluding carboxylic acids is 1. The van der Waals surface area contributed by atoms with Crippen LogP contribution < -0.4 is 14.8 Å². The number of nitrogens with zero attached hydrogens (tertiary/aromatic N) is 1. The Balaban J connectivity index is 2.82. The number of likely N-dealkylation sites (N-methyl/N-ethyl adjacent to an activating group) is 1. The Morgan fingerprint density at radius 2 is 1.65 bits per heavy atom. The number of amides is 1. The Bertz CT molecular complexity index is 448. The first-order valence-electron chi connectivity index (χ1n) is 6.49. The third-order valence-electron chi connectivity index (χ3n) is 3.51. The molecule has 20 heavy (non-hydrogen) atoms. The number of benzene rings is 1. The summed E-state index contributed by atoms with van der Waals surface area (Å²) >= 11 is 0. The summed E-state index contributed by atoms with van der Waals surface area (Å²) in [7, 11) is 7.10. The first-order valence-corrected chi connectivity index (χ1v) is 6.49. The number of carbonyl (C=O) groups is 1. The van der Waals surface area contributed by atoms with Gasteiger partial charge in [0.25, 0.3) is 5.91 Å². The molecular weight excluding hydrogens is 256 g/mol. The molecule has 0 radical (unpaired) electrons. The highest BCUT2D eigenvalue weighted by Crippen LogP contribution is 2.22. The SMILES string of the molecule is COc1cc(OC)cc(C(=O)NCC(C)(C)N(C)C)c1. The van der Waals surface area contributed by atoms with Crippen molar-refractivity contribution in [3.05, 3.63) is 23.8 Å². The molecule has 0 atom stereocenters. The maximum absolute atomic E-state index is 12.2. The molecule has 0 saturated carbocycles. The minimum Gasteiger partial charge on any atom is -0.497 e. The smallest absolute Gasteiger partial charge is 0.251 e. The Labute approximate surface area is 120 Å². The number of hydrogen-bond donors (Lipinski definition) is 1. The Morgan fingerprint density at radius 1 is 1.15 bits per heavy atom. The summed E-state index contributed by atoms with van der Waals surface area (Å²) < 4.78 is 10.3. The lowest BCUT2D eigenvalue weighted by molar-refractivity contribution is 0.0919. The van der Waals surface area contributed by atoms with Crippen molar-refractivity contribution in [2.75, 3.05) is 34.9 Å². The predicted molar refractivity (Wildman–Crippen MR) is 79.6 cm³/mol. The van der Waals surface area contributed by atoms with E-state index in [4.69, 9.17) is 9.47 Å². The number of nitrogens with one attached hydrogen (secondary N) is 1. The lowest BCUT2D eigenvalue weighted by atomic mass is 10.0. The number of methoxy groups -OCH3 is 2. The average Bonchev–Trinajstić information content (AvgIpc) is 2.43. The van der Waals surface area contributed by atoms with Crippen LogP contribution in [0.25, 0.3) is 0 Å². The minimum absolute atomic E-state index is 0.112. The molecule has 0 aliphatic carbocycles. The van der Waals surface area contributed by atoms with Crippen molar-refractivity contribution in [1.29, 1.82) is 0 Å². The number of rotatable bonds is 6. The van der Waals surface area contributed by atoms with Crippen LogP contribution in [0.1, 0.15) is 24.2 Å². The van der Waals surface area contributed by atoms with E-state index in [0.717, 1.165) is 0 Å². The third-order valence-corrected chi connectivity index (χ3v) is 3.51. The van der Waals surface area contributed by atoms with Gasteiger partial charge >= 0.3 is 0 Å². The van der Waals surface area contributed by atoms with Crippen LogP contribution in [0.15, 0.2) is 18.2 Å². The molecule has 5 heteroatoms. The van der Waals surface area contributed by atoms with Gasteiger partial charge in [-0.3, -0.25) is 4.79 Å². The summed E-state index contributed by atoms with van der Waals surface area (Å²) in [5.41, 5.74) is 0.411. The van der Waals surface area contributed by atoms with Gasteiger partial charge in [0.15, 0.2) is 0 Å². The average molecular weight is 280 g/mol. The first kappa shape index (κ1) is 16.3. The second-order valence-electron chi connectivity index (χ2n) is 5.49. The largest absolute Gasteiger partial charge is 0.497 e. The Morgan fingerprint density at radius 3 is 2.05 bits per heavy atom. The second kappa shape index (κ2) is 6.61. The van der Waals surface area contributed by atoms with E-state index >= 15 is 0 Å². The predicted octanol–water partition coefficient (Wildman–Crippen LogP) is 1.77. The van der Waals surface area contributed by atoms with Crippen molar-refractivity contribution in [2.24, 2.45) is 0 Å². The van der Waals surface area contributed by atoms with Crippen molar-refractivity contribution in [2.45, 2.75) is 19.4 Å². The van der Waals surface area contributed by atoms with Gasteiger partial charge in [0.2, 0.25) is 0 Å². The summed E-state index contributed by atoms with van der Waals surface area (Å²) in [6.07, 6.45) is 0. The molecule has 0 bridgehead atoms. The molecule has 0 unspecified atom stereocenters. The quantitative estimate of drug-likeness (QED) is 0.863. The van der Waals surface area contributed by atoms with E-state index in [2.05, 4.69) is 24.1 Å². The van der Waals surface area contributed by atoms with E-state index in [0.29, 0.717) is 23.6 Å². The van der Waals surface area contributed by atoms with Crippen LogP contribution in [0, 0.1) is 0 Å². The molecule has 0 aliphatic rings. The van der Waals surface area contributed by atoms with E-state index in [1.165, 1.54) is 0 Å². The fraction of sp³-hybridized carbons (Fsp3) is 0.533. The lowest BCUT2D eigenvalue weighted by Gasteiger charge is -2.32.